The van der Waals surface area contributed by atoms with E-state index in [1.54, 1.807) is 12.4 Å². The van der Waals surface area contributed by atoms with Gasteiger partial charge in [-0.3, -0.25) is 4.98 Å². The lowest BCUT2D eigenvalue weighted by molar-refractivity contribution is 0.194. The number of halogens is 1. The van der Waals surface area contributed by atoms with Gasteiger partial charge in [0.2, 0.25) is 0 Å². The van der Waals surface area contributed by atoms with Crippen molar-refractivity contribution in [2.24, 2.45) is 0 Å². The number of carbonyl (C=O) groups excluding carboxylic acids is 1. The lowest BCUT2D eigenvalue weighted by atomic mass is 10.2. The number of aryl methyl sites for hydroxylation is 1. The third-order valence-electron chi connectivity index (χ3n) is 4.18. The zero-order chi connectivity index (χ0) is 16.9. The maximum absolute atomic E-state index is 12.3. The van der Waals surface area contributed by atoms with E-state index >= 15 is 0 Å². The van der Waals surface area contributed by atoms with Crippen LogP contribution in [0.2, 0.25) is 0 Å². The largest absolute Gasteiger partial charge is 0.367 e. The Kier molecular flexibility index (Phi) is 5.35. The Hall–Kier alpha value is -2.08. The summed E-state index contributed by atoms with van der Waals surface area (Å²) in [5, 5.41) is 2.96. The first kappa shape index (κ1) is 16.8. The fraction of sp³-hybridized carbons (Fsp3) is 0.333. The van der Waals surface area contributed by atoms with E-state index in [2.05, 4.69) is 56.3 Å². The number of carbonyl (C=O) groups is 1. The van der Waals surface area contributed by atoms with Crippen LogP contribution in [0.25, 0.3) is 0 Å². The summed E-state index contributed by atoms with van der Waals surface area (Å²) in [7, 11) is 0. The van der Waals surface area contributed by atoms with Crippen LogP contribution in [-0.2, 0) is 6.54 Å². The smallest absolute Gasteiger partial charge is 0.317 e. The molecule has 1 fully saturated rings. The van der Waals surface area contributed by atoms with Crippen LogP contribution in [0.5, 0.6) is 0 Å². The molecule has 3 rings (SSSR count). The molecule has 1 N–H and O–H groups in total. The van der Waals surface area contributed by atoms with Crippen LogP contribution in [0.1, 0.15) is 11.1 Å². The first-order valence-corrected chi connectivity index (χ1v) is 8.85. The Bertz CT molecular complexity index is 699. The van der Waals surface area contributed by atoms with Crippen LogP contribution in [0, 0.1) is 6.92 Å². The Morgan fingerprint density at radius 1 is 1.25 bits per heavy atom. The summed E-state index contributed by atoms with van der Waals surface area (Å²) in [6, 6.07) is 10.2. The number of rotatable bonds is 3. The van der Waals surface area contributed by atoms with Gasteiger partial charge in [0.15, 0.2) is 0 Å². The summed E-state index contributed by atoms with van der Waals surface area (Å²) in [5.74, 6) is 0. The van der Waals surface area contributed by atoms with Crippen molar-refractivity contribution in [3.63, 3.8) is 0 Å². The van der Waals surface area contributed by atoms with Crippen LogP contribution in [0.4, 0.5) is 10.5 Å². The van der Waals surface area contributed by atoms with E-state index in [0.29, 0.717) is 6.54 Å². The normalized spacial score (nSPS) is 14.6. The minimum Gasteiger partial charge on any atom is -0.367 e. The fourth-order valence-corrected chi connectivity index (χ4v) is 3.56. The Balaban J connectivity index is 1.52. The molecule has 2 amide bonds. The minimum atomic E-state index is -0.0125. The number of urea groups is 1. The molecule has 126 valence electrons. The average molecular weight is 389 g/mol. The van der Waals surface area contributed by atoms with Gasteiger partial charge in [-0.15, -0.1) is 0 Å². The van der Waals surface area contributed by atoms with Crippen molar-refractivity contribution in [2.75, 3.05) is 31.1 Å². The van der Waals surface area contributed by atoms with Crippen molar-refractivity contribution < 1.29 is 4.79 Å². The summed E-state index contributed by atoms with van der Waals surface area (Å²) in [5.41, 5.74) is 3.43. The van der Waals surface area contributed by atoms with Crippen LogP contribution < -0.4 is 10.2 Å². The summed E-state index contributed by atoms with van der Waals surface area (Å²) >= 11 is 3.64. The molecule has 0 unspecified atom stereocenters. The first-order chi connectivity index (χ1) is 11.6. The first-order valence-electron chi connectivity index (χ1n) is 8.06. The average Bonchev–Trinajstić information content (AvgIpc) is 2.61. The second kappa shape index (κ2) is 7.66. The number of anilines is 1. The molecule has 2 heterocycles. The third-order valence-corrected chi connectivity index (χ3v) is 4.81. The molecule has 0 bridgehead atoms. The summed E-state index contributed by atoms with van der Waals surface area (Å²) in [6.45, 7) is 5.71. The van der Waals surface area contributed by atoms with Crippen molar-refractivity contribution in [1.29, 1.82) is 0 Å². The summed E-state index contributed by atoms with van der Waals surface area (Å²) in [6.07, 6.45) is 3.50. The highest BCUT2D eigenvalue weighted by atomic mass is 79.9. The van der Waals surface area contributed by atoms with Gasteiger partial charge in [0.25, 0.3) is 0 Å². The SMILES string of the molecule is Cc1ccc(N2CCN(C(=O)NCc3cccnc3)CC2)c(Br)c1. The number of benzene rings is 1. The molecule has 1 aromatic carbocycles. The van der Waals surface area contributed by atoms with Crippen molar-refractivity contribution in [3.8, 4) is 0 Å². The van der Waals surface area contributed by atoms with E-state index in [1.165, 1.54) is 11.3 Å². The van der Waals surface area contributed by atoms with Gasteiger partial charge in [-0.25, -0.2) is 4.79 Å². The molecule has 1 saturated heterocycles. The topological polar surface area (TPSA) is 48.5 Å². The van der Waals surface area contributed by atoms with Gasteiger partial charge in [0.1, 0.15) is 0 Å². The van der Waals surface area contributed by atoms with E-state index in [9.17, 15) is 4.79 Å². The molecule has 1 aliphatic heterocycles. The highest BCUT2D eigenvalue weighted by Gasteiger charge is 2.22. The van der Waals surface area contributed by atoms with Gasteiger partial charge < -0.3 is 15.1 Å². The molecule has 1 aromatic heterocycles. The second-order valence-electron chi connectivity index (χ2n) is 5.95. The molecule has 1 aliphatic rings. The Labute approximate surface area is 150 Å². The molecule has 24 heavy (non-hydrogen) atoms. The van der Waals surface area contributed by atoms with Crippen LogP contribution in [0.3, 0.4) is 0 Å². The maximum Gasteiger partial charge on any atom is 0.317 e. The molecule has 0 aliphatic carbocycles. The molecule has 0 saturated carbocycles. The van der Waals surface area contributed by atoms with Crippen molar-refractivity contribution >= 4 is 27.6 Å². The zero-order valence-corrected chi connectivity index (χ0v) is 15.3. The van der Waals surface area contributed by atoms with Crippen LogP contribution in [-0.4, -0.2) is 42.1 Å². The predicted molar refractivity (Wildman–Crippen MR) is 99.1 cm³/mol. The van der Waals surface area contributed by atoms with Crippen LogP contribution in [0.15, 0.2) is 47.2 Å². The lowest BCUT2D eigenvalue weighted by Crippen LogP contribution is -2.51. The van der Waals surface area contributed by atoms with E-state index in [0.717, 1.165) is 36.2 Å². The highest BCUT2D eigenvalue weighted by molar-refractivity contribution is 9.10. The van der Waals surface area contributed by atoms with Gasteiger partial charge in [0.05, 0.1) is 5.69 Å². The number of aromatic nitrogens is 1. The second-order valence-corrected chi connectivity index (χ2v) is 6.80. The zero-order valence-electron chi connectivity index (χ0n) is 13.7. The molecule has 0 atom stereocenters. The van der Waals surface area contributed by atoms with E-state index in [-0.39, 0.29) is 6.03 Å². The van der Waals surface area contributed by atoms with Crippen molar-refractivity contribution in [2.45, 2.75) is 13.5 Å². The number of nitrogens with zero attached hydrogens (tertiary/aromatic N) is 3. The van der Waals surface area contributed by atoms with Gasteiger partial charge in [0, 0.05) is 49.6 Å². The summed E-state index contributed by atoms with van der Waals surface area (Å²) < 4.78 is 1.11. The number of nitrogens with one attached hydrogen (secondary N) is 1. The summed E-state index contributed by atoms with van der Waals surface area (Å²) in [4.78, 5) is 20.5. The molecule has 0 radical (unpaired) electrons. The molecular weight excluding hydrogens is 368 g/mol. The van der Waals surface area contributed by atoms with E-state index in [4.69, 9.17) is 0 Å². The van der Waals surface area contributed by atoms with Crippen molar-refractivity contribution in [3.05, 3.63) is 58.3 Å². The third kappa shape index (κ3) is 4.06. The Morgan fingerprint density at radius 3 is 2.71 bits per heavy atom. The number of hydrogen-bond donors (Lipinski definition) is 1. The van der Waals surface area contributed by atoms with Gasteiger partial charge in [-0.2, -0.15) is 0 Å². The van der Waals surface area contributed by atoms with Gasteiger partial charge >= 0.3 is 6.03 Å². The van der Waals surface area contributed by atoms with Crippen LogP contribution >= 0.6 is 15.9 Å². The Morgan fingerprint density at radius 2 is 2.04 bits per heavy atom. The minimum absolute atomic E-state index is 0.0125. The monoisotopic (exact) mass is 388 g/mol. The van der Waals surface area contributed by atoms with E-state index in [1.807, 2.05) is 17.0 Å². The molecule has 6 heteroatoms. The number of piperazine rings is 1. The number of hydrogen-bond acceptors (Lipinski definition) is 3. The molecule has 5 nitrogen and oxygen atoms in total. The molecular formula is C18H21BrN4O. The number of amides is 2. The lowest BCUT2D eigenvalue weighted by Gasteiger charge is -2.36. The standard InChI is InChI=1S/C18H21BrN4O/c1-14-4-5-17(16(19)11-14)22-7-9-23(10-8-22)18(24)21-13-15-3-2-6-20-12-15/h2-6,11-12H,7-10,13H2,1H3,(H,21,24). The highest BCUT2D eigenvalue weighted by Crippen LogP contribution is 2.28. The molecule has 0 spiro atoms. The number of pyridine rings is 1. The van der Waals surface area contributed by atoms with Crippen molar-refractivity contribution in [1.82, 2.24) is 15.2 Å². The van der Waals surface area contributed by atoms with Gasteiger partial charge in [-0.1, -0.05) is 12.1 Å². The van der Waals surface area contributed by atoms with E-state index < -0.39 is 0 Å². The predicted octanol–water partition coefficient (Wildman–Crippen LogP) is 3.18. The fourth-order valence-electron chi connectivity index (χ4n) is 2.81. The molecule has 2 aromatic rings. The van der Waals surface area contributed by atoms with Gasteiger partial charge in [-0.05, 0) is 52.2 Å². The quantitative estimate of drug-likeness (QED) is 0.877. The maximum atomic E-state index is 12.3.